The monoisotopic (exact) mass is 240 g/mol. The molecule has 0 aromatic carbocycles. The Labute approximate surface area is 108 Å². The van der Waals surface area contributed by atoms with Crippen molar-refractivity contribution in [3.63, 3.8) is 0 Å². The summed E-state index contributed by atoms with van der Waals surface area (Å²) in [6.45, 7) is 4.59. The largest absolute Gasteiger partial charge is 0.271 e. The van der Waals surface area contributed by atoms with Gasteiger partial charge in [0.05, 0.1) is 0 Å². The van der Waals surface area contributed by atoms with Gasteiger partial charge < -0.3 is 0 Å². The van der Waals surface area contributed by atoms with Gasteiger partial charge in [0.25, 0.3) is 0 Å². The molecule has 3 N–H and O–H groups in total. The maximum absolute atomic E-state index is 5.87. The van der Waals surface area contributed by atoms with E-state index in [1.165, 1.54) is 64.2 Å². The van der Waals surface area contributed by atoms with Crippen molar-refractivity contribution in [3.05, 3.63) is 0 Å². The molecule has 17 heavy (non-hydrogen) atoms. The Morgan fingerprint density at radius 1 is 1.00 bits per heavy atom. The molecule has 2 heteroatoms. The number of rotatable bonds is 7. The van der Waals surface area contributed by atoms with Gasteiger partial charge >= 0.3 is 0 Å². The smallest absolute Gasteiger partial charge is 0.0266 e. The first kappa shape index (κ1) is 15.0. The van der Waals surface area contributed by atoms with Gasteiger partial charge in [-0.05, 0) is 37.5 Å². The van der Waals surface area contributed by atoms with Crippen LogP contribution in [-0.2, 0) is 0 Å². The van der Waals surface area contributed by atoms with Crippen LogP contribution in [0.5, 0.6) is 0 Å². The lowest BCUT2D eigenvalue weighted by Crippen LogP contribution is -2.46. The molecule has 1 rings (SSSR count). The zero-order valence-corrected chi connectivity index (χ0v) is 11.9. The van der Waals surface area contributed by atoms with E-state index in [0.717, 1.165) is 11.8 Å². The number of hydrogen-bond acceptors (Lipinski definition) is 2. The van der Waals surface area contributed by atoms with Crippen LogP contribution in [-0.4, -0.2) is 6.04 Å². The summed E-state index contributed by atoms with van der Waals surface area (Å²) in [6, 6.07) is 0.563. The van der Waals surface area contributed by atoms with Gasteiger partial charge in [0.1, 0.15) is 0 Å². The Morgan fingerprint density at radius 3 is 1.94 bits per heavy atom. The van der Waals surface area contributed by atoms with Crippen molar-refractivity contribution in [1.29, 1.82) is 0 Å². The van der Waals surface area contributed by atoms with Crippen LogP contribution >= 0.6 is 0 Å². The highest BCUT2D eigenvalue weighted by molar-refractivity contribution is 4.82. The van der Waals surface area contributed by atoms with Crippen LogP contribution in [0.25, 0.3) is 0 Å². The Kier molecular flexibility index (Phi) is 7.87. The summed E-state index contributed by atoms with van der Waals surface area (Å²) in [5.41, 5.74) is 3.17. The molecule has 1 fully saturated rings. The summed E-state index contributed by atoms with van der Waals surface area (Å²) >= 11 is 0. The van der Waals surface area contributed by atoms with Gasteiger partial charge in [0, 0.05) is 6.04 Å². The van der Waals surface area contributed by atoms with Gasteiger partial charge in [0.15, 0.2) is 0 Å². The van der Waals surface area contributed by atoms with E-state index >= 15 is 0 Å². The highest BCUT2D eigenvalue weighted by Gasteiger charge is 2.27. The number of nitrogens with one attached hydrogen (secondary N) is 1. The van der Waals surface area contributed by atoms with E-state index in [4.69, 9.17) is 5.84 Å². The molecule has 0 aromatic heterocycles. The van der Waals surface area contributed by atoms with Crippen molar-refractivity contribution in [3.8, 4) is 0 Å². The SMILES string of the molecule is CCCC(CCC)C(NN)C1CCCCCC1. The normalized spacial score (nSPS) is 20.5. The van der Waals surface area contributed by atoms with E-state index in [2.05, 4.69) is 19.3 Å². The zero-order chi connectivity index (χ0) is 12.5. The third-order valence-corrected chi connectivity index (χ3v) is 4.43. The van der Waals surface area contributed by atoms with Crippen molar-refractivity contribution in [2.45, 2.75) is 84.1 Å². The van der Waals surface area contributed by atoms with E-state index in [9.17, 15) is 0 Å². The van der Waals surface area contributed by atoms with E-state index in [-0.39, 0.29) is 0 Å². The molecule has 0 heterocycles. The van der Waals surface area contributed by atoms with Crippen molar-refractivity contribution >= 4 is 0 Å². The lowest BCUT2D eigenvalue weighted by atomic mass is 9.80. The molecule has 1 atom stereocenters. The molecular formula is C15H32N2. The molecule has 1 saturated carbocycles. The standard InChI is InChI=1S/C15H32N2/c1-3-9-13(10-4-2)15(17-16)14-11-7-5-6-8-12-14/h13-15,17H,3-12,16H2,1-2H3. The zero-order valence-electron chi connectivity index (χ0n) is 11.9. The molecule has 0 bridgehead atoms. The Morgan fingerprint density at radius 2 is 1.53 bits per heavy atom. The fourth-order valence-electron chi connectivity index (χ4n) is 3.57. The van der Waals surface area contributed by atoms with Crippen LogP contribution in [0, 0.1) is 11.8 Å². The van der Waals surface area contributed by atoms with Gasteiger partial charge in [-0.25, -0.2) is 0 Å². The average molecular weight is 240 g/mol. The van der Waals surface area contributed by atoms with Crippen molar-refractivity contribution in [1.82, 2.24) is 5.43 Å². The lowest BCUT2D eigenvalue weighted by Gasteiger charge is -2.33. The molecule has 0 aliphatic heterocycles. The summed E-state index contributed by atoms with van der Waals surface area (Å²) < 4.78 is 0. The minimum absolute atomic E-state index is 0.563. The summed E-state index contributed by atoms with van der Waals surface area (Å²) in [7, 11) is 0. The molecule has 0 aromatic rings. The molecule has 0 spiro atoms. The topological polar surface area (TPSA) is 38.0 Å². The number of hydrazine groups is 1. The van der Waals surface area contributed by atoms with Crippen molar-refractivity contribution in [2.75, 3.05) is 0 Å². The highest BCUT2D eigenvalue weighted by atomic mass is 15.2. The molecular weight excluding hydrogens is 208 g/mol. The third-order valence-electron chi connectivity index (χ3n) is 4.43. The van der Waals surface area contributed by atoms with E-state index in [1.54, 1.807) is 0 Å². The molecule has 0 amide bonds. The first-order valence-corrected chi connectivity index (χ1v) is 7.79. The fraction of sp³-hybridized carbons (Fsp3) is 1.00. The van der Waals surface area contributed by atoms with Gasteiger partial charge in [-0.3, -0.25) is 11.3 Å². The second-order valence-electron chi connectivity index (χ2n) is 5.78. The van der Waals surface area contributed by atoms with Crippen LogP contribution in [0.3, 0.4) is 0 Å². The molecule has 0 saturated heterocycles. The summed E-state index contributed by atoms with van der Waals surface area (Å²) in [6.07, 6.45) is 13.7. The fourth-order valence-corrected chi connectivity index (χ4v) is 3.57. The molecule has 102 valence electrons. The average Bonchev–Trinajstić information content (AvgIpc) is 2.60. The second-order valence-corrected chi connectivity index (χ2v) is 5.78. The lowest BCUT2D eigenvalue weighted by molar-refractivity contribution is 0.215. The van der Waals surface area contributed by atoms with E-state index < -0.39 is 0 Å². The molecule has 0 radical (unpaired) electrons. The van der Waals surface area contributed by atoms with Crippen molar-refractivity contribution in [2.24, 2.45) is 17.7 Å². The third kappa shape index (κ3) is 4.97. The molecule has 2 nitrogen and oxygen atoms in total. The van der Waals surface area contributed by atoms with E-state index in [1.807, 2.05) is 0 Å². The van der Waals surface area contributed by atoms with Crippen LogP contribution in [0.1, 0.15) is 78.1 Å². The summed E-state index contributed by atoms with van der Waals surface area (Å²) in [5, 5.41) is 0. The first-order chi connectivity index (χ1) is 8.33. The van der Waals surface area contributed by atoms with Crippen LogP contribution in [0.4, 0.5) is 0 Å². The van der Waals surface area contributed by atoms with Gasteiger partial charge in [-0.15, -0.1) is 0 Å². The number of nitrogens with two attached hydrogens (primary N) is 1. The molecule has 1 aliphatic rings. The van der Waals surface area contributed by atoms with Gasteiger partial charge in [-0.2, -0.15) is 0 Å². The quantitative estimate of drug-likeness (QED) is 0.401. The molecule has 1 unspecified atom stereocenters. The Balaban J connectivity index is 2.57. The first-order valence-electron chi connectivity index (χ1n) is 7.79. The summed E-state index contributed by atoms with van der Waals surface area (Å²) in [5.74, 6) is 7.48. The Hall–Kier alpha value is -0.0800. The summed E-state index contributed by atoms with van der Waals surface area (Å²) in [4.78, 5) is 0. The predicted octanol–water partition coefficient (Wildman–Crippen LogP) is 4.01. The number of hydrogen-bond donors (Lipinski definition) is 2. The van der Waals surface area contributed by atoms with Crippen LogP contribution in [0.2, 0.25) is 0 Å². The highest BCUT2D eigenvalue weighted by Crippen LogP contribution is 2.31. The minimum Gasteiger partial charge on any atom is -0.271 e. The van der Waals surface area contributed by atoms with Gasteiger partial charge in [-0.1, -0.05) is 52.4 Å². The predicted molar refractivity (Wildman–Crippen MR) is 75.6 cm³/mol. The Bertz CT molecular complexity index is 166. The molecule has 1 aliphatic carbocycles. The van der Waals surface area contributed by atoms with Gasteiger partial charge in [0.2, 0.25) is 0 Å². The maximum atomic E-state index is 5.87. The van der Waals surface area contributed by atoms with Crippen LogP contribution in [0.15, 0.2) is 0 Å². The second kappa shape index (κ2) is 8.93. The van der Waals surface area contributed by atoms with Crippen LogP contribution < -0.4 is 11.3 Å². The maximum Gasteiger partial charge on any atom is 0.0266 e. The minimum atomic E-state index is 0.563. The van der Waals surface area contributed by atoms with Crippen molar-refractivity contribution < 1.29 is 0 Å². The van der Waals surface area contributed by atoms with E-state index in [0.29, 0.717) is 6.04 Å².